The maximum atomic E-state index is 12.1. The first-order chi connectivity index (χ1) is 8.71. The standard InChI is InChI=1S/C14H25N3O/c1-4-8-17(9-5-2)14(18)12-16-10-6-13(15-3)7-11-16/h4-5,13,15H,1-2,6-12H2,3H3. The molecule has 0 saturated carbocycles. The lowest BCUT2D eigenvalue weighted by atomic mass is 10.1. The summed E-state index contributed by atoms with van der Waals surface area (Å²) in [7, 11) is 2.00. The van der Waals surface area contributed by atoms with E-state index in [0.717, 1.165) is 25.9 Å². The van der Waals surface area contributed by atoms with Crippen LogP contribution in [0.4, 0.5) is 0 Å². The van der Waals surface area contributed by atoms with Gasteiger partial charge in [-0.15, -0.1) is 13.2 Å². The lowest BCUT2D eigenvalue weighted by Gasteiger charge is -2.32. The number of piperidine rings is 1. The van der Waals surface area contributed by atoms with Crippen LogP contribution in [0, 0.1) is 0 Å². The number of carbonyl (C=O) groups excluding carboxylic acids is 1. The van der Waals surface area contributed by atoms with Crippen LogP contribution in [0.15, 0.2) is 25.3 Å². The van der Waals surface area contributed by atoms with Gasteiger partial charge in [0, 0.05) is 32.2 Å². The van der Waals surface area contributed by atoms with Crippen LogP contribution in [-0.4, -0.2) is 61.5 Å². The van der Waals surface area contributed by atoms with Gasteiger partial charge in [0.15, 0.2) is 0 Å². The molecule has 0 aromatic carbocycles. The Labute approximate surface area is 110 Å². The van der Waals surface area contributed by atoms with Gasteiger partial charge in [-0.1, -0.05) is 12.2 Å². The number of rotatable bonds is 7. The highest BCUT2D eigenvalue weighted by atomic mass is 16.2. The molecule has 1 heterocycles. The van der Waals surface area contributed by atoms with Gasteiger partial charge in [0.05, 0.1) is 6.54 Å². The van der Waals surface area contributed by atoms with Crippen LogP contribution < -0.4 is 5.32 Å². The van der Waals surface area contributed by atoms with Crippen LogP contribution in [0.2, 0.25) is 0 Å². The third-order valence-electron chi connectivity index (χ3n) is 3.41. The zero-order valence-electron chi connectivity index (χ0n) is 11.4. The molecule has 1 fully saturated rings. The molecular formula is C14H25N3O. The normalized spacial score (nSPS) is 17.4. The molecule has 0 aromatic rings. The van der Waals surface area contributed by atoms with Crippen LogP contribution in [0.3, 0.4) is 0 Å². The third kappa shape index (κ3) is 4.63. The molecule has 0 aliphatic carbocycles. The summed E-state index contributed by atoms with van der Waals surface area (Å²) < 4.78 is 0. The minimum absolute atomic E-state index is 0.165. The molecule has 4 heteroatoms. The number of hydrogen-bond acceptors (Lipinski definition) is 3. The maximum Gasteiger partial charge on any atom is 0.237 e. The highest BCUT2D eigenvalue weighted by molar-refractivity contribution is 5.78. The van der Waals surface area contributed by atoms with Gasteiger partial charge in [-0.25, -0.2) is 0 Å². The van der Waals surface area contributed by atoms with E-state index in [0.29, 0.717) is 25.7 Å². The van der Waals surface area contributed by atoms with Gasteiger partial charge in [-0.2, -0.15) is 0 Å². The summed E-state index contributed by atoms with van der Waals surface area (Å²) in [5.41, 5.74) is 0. The molecule has 1 amide bonds. The first-order valence-corrected chi connectivity index (χ1v) is 6.60. The summed E-state index contributed by atoms with van der Waals surface area (Å²) in [6.45, 7) is 11.1. The van der Waals surface area contributed by atoms with Crippen LogP contribution in [0.5, 0.6) is 0 Å². The first kappa shape index (κ1) is 14.9. The smallest absolute Gasteiger partial charge is 0.237 e. The van der Waals surface area contributed by atoms with E-state index < -0.39 is 0 Å². The topological polar surface area (TPSA) is 35.6 Å². The number of nitrogens with zero attached hydrogens (tertiary/aromatic N) is 2. The fraction of sp³-hybridized carbons (Fsp3) is 0.643. The molecule has 0 atom stereocenters. The van der Waals surface area contributed by atoms with Crippen molar-refractivity contribution < 1.29 is 4.79 Å². The Morgan fingerprint density at radius 2 is 1.89 bits per heavy atom. The van der Waals surface area contributed by atoms with Gasteiger partial charge < -0.3 is 10.2 Å². The molecule has 0 spiro atoms. The summed E-state index contributed by atoms with van der Waals surface area (Å²) in [5, 5.41) is 3.29. The number of nitrogens with one attached hydrogen (secondary N) is 1. The van der Waals surface area contributed by atoms with E-state index in [1.807, 2.05) is 7.05 Å². The van der Waals surface area contributed by atoms with Crippen molar-refractivity contribution in [1.82, 2.24) is 15.1 Å². The average Bonchev–Trinajstić information content (AvgIpc) is 2.39. The van der Waals surface area contributed by atoms with Crippen molar-refractivity contribution in [2.75, 3.05) is 39.8 Å². The Morgan fingerprint density at radius 3 is 2.33 bits per heavy atom. The summed E-state index contributed by atoms with van der Waals surface area (Å²) in [4.78, 5) is 16.1. The third-order valence-corrected chi connectivity index (χ3v) is 3.41. The van der Waals surface area contributed by atoms with Crippen molar-refractivity contribution in [2.24, 2.45) is 0 Å². The molecule has 18 heavy (non-hydrogen) atoms. The Balaban J connectivity index is 2.38. The molecule has 0 radical (unpaired) electrons. The lowest BCUT2D eigenvalue weighted by molar-refractivity contribution is -0.131. The van der Waals surface area contributed by atoms with Gasteiger partial charge in [0.2, 0.25) is 5.91 Å². The molecule has 0 unspecified atom stereocenters. The van der Waals surface area contributed by atoms with Gasteiger partial charge in [0.25, 0.3) is 0 Å². The molecule has 1 aliphatic rings. The summed E-state index contributed by atoms with van der Waals surface area (Å²) in [5.74, 6) is 0.165. The van der Waals surface area contributed by atoms with Crippen molar-refractivity contribution in [2.45, 2.75) is 18.9 Å². The predicted octanol–water partition coefficient (Wildman–Crippen LogP) is 0.871. The van der Waals surface area contributed by atoms with Crippen molar-refractivity contribution in [3.05, 3.63) is 25.3 Å². The zero-order chi connectivity index (χ0) is 13.4. The molecule has 1 saturated heterocycles. The second kappa shape index (κ2) is 8.06. The number of amides is 1. The minimum Gasteiger partial charge on any atom is -0.334 e. The van der Waals surface area contributed by atoms with E-state index in [9.17, 15) is 4.79 Å². The Morgan fingerprint density at radius 1 is 1.33 bits per heavy atom. The largest absolute Gasteiger partial charge is 0.334 e. The van der Waals surface area contributed by atoms with E-state index in [4.69, 9.17) is 0 Å². The molecule has 4 nitrogen and oxygen atoms in total. The van der Waals surface area contributed by atoms with Gasteiger partial charge in [0.1, 0.15) is 0 Å². The number of hydrogen-bond donors (Lipinski definition) is 1. The van der Waals surface area contributed by atoms with E-state index >= 15 is 0 Å². The summed E-state index contributed by atoms with van der Waals surface area (Å²) >= 11 is 0. The maximum absolute atomic E-state index is 12.1. The fourth-order valence-corrected chi connectivity index (χ4v) is 2.26. The number of carbonyl (C=O) groups is 1. The fourth-order valence-electron chi connectivity index (χ4n) is 2.26. The Hall–Kier alpha value is -1.13. The molecule has 0 aromatic heterocycles. The van der Waals surface area contributed by atoms with Crippen molar-refractivity contribution in [3.63, 3.8) is 0 Å². The summed E-state index contributed by atoms with van der Waals surface area (Å²) in [6.07, 6.45) is 5.75. The zero-order valence-corrected chi connectivity index (χ0v) is 11.4. The minimum atomic E-state index is 0.165. The molecule has 0 bridgehead atoms. The van der Waals surface area contributed by atoms with E-state index in [-0.39, 0.29) is 5.91 Å². The van der Waals surface area contributed by atoms with Crippen LogP contribution in [0.1, 0.15) is 12.8 Å². The summed E-state index contributed by atoms with van der Waals surface area (Å²) in [6, 6.07) is 0.605. The predicted molar refractivity (Wildman–Crippen MR) is 75.5 cm³/mol. The second-order valence-electron chi connectivity index (χ2n) is 4.72. The Bertz CT molecular complexity index is 273. The van der Waals surface area contributed by atoms with Crippen LogP contribution in [0.25, 0.3) is 0 Å². The number of likely N-dealkylation sites (tertiary alicyclic amines) is 1. The first-order valence-electron chi connectivity index (χ1n) is 6.60. The highest BCUT2D eigenvalue weighted by Crippen LogP contribution is 2.09. The SMILES string of the molecule is C=CCN(CC=C)C(=O)CN1CCC(NC)CC1. The highest BCUT2D eigenvalue weighted by Gasteiger charge is 2.21. The monoisotopic (exact) mass is 251 g/mol. The molecule has 1 aliphatic heterocycles. The molecule has 1 rings (SSSR count). The van der Waals surface area contributed by atoms with Gasteiger partial charge >= 0.3 is 0 Å². The Kier molecular flexibility index (Phi) is 6.68. The van der Waals surface area contributed by atoms with Crippen molar-refractivity contribution in [3.8, 4) is 0 Å². The lowest BCUT2D eigenvalue weighted by Crippen LogP contribution is -2.46. The molecule has 1 N–H and O–H groups in total. The van der Waals surface area contributed by atoms with Gasteiger partial charge in [-0.05, 0) is 19.9 Å². The van der Waals surface area contributed by atoms with Crippen molar-refractivity contribution >= 4 is 5.91 Å². The van der Waals surface area contributed by atoms with E-state index in [1.54, 1.807) is 17.1 Å². The average molecular weight is 251 g/mol. The van der Waals surface area contributed by atoms with Gasteiger partial charge in [-0.3, -0.25) is 9.69 Å². The van der Waals surface area contributed by atoms with E-state index in [1.165, 1.54) is 0 Å². The second-order valence-corrected chi connectivity index (χ2v) is 4.72. The van der Waals surface area contributed by atoms with Crippen LogP contribution >= 0.6 is 0 Å². The molecular weight excluding hydrogens is 226 g/mol. The molecule has 102 valence electrons. The van der Waals surface area contributed by atoms with E-state index in [2.05, 4.69) is 23.4 Å². The van der Waals surface area contributed by atoms with Crippen molar-refractivity contribution in [1.29, 1.82) is 0 Å². The van der Waals surface area contributed by atoms with Crippen LogP contribution in [-0.2, 0) is 4.79 Å². The quantitative estimate of drug-likeness (QED) is 0.682.